The fourth-order valence-electron chi connectivity index (χ4n) is 0.644. The molecule has 9 N–H and O–H groups in total. The fourth-order valence-corrected chi connectivity index (χ4v) is 0.644. The molecule has 0 radical (unpaired) electrons. The topological polar surface area (TPSA) is 194 Å². The third-order valence-electron chi connectivity index (χ3n) is 1.57. The first kappa shape index (κ1) is 29.5. The quantitative estimate of drug-likeness (QED) is 0.159. The van der Waals surface area contributed by atoms with Gasteiger partial charge in [-0.1, -0.05) is 0 Å². The van der Waals surface area contributed by atoms with Crippen LogP contribution in [0.25, 0.3) is 0 Å². The molecule has 0 atom stereocenters. The van der Waals surface area contributed by atoms with E-state index in [1.165, 1.54) is 5.34 Å². The Bertz CT molecular complexity index is 208. The summed E-state index contributed by atoms with van der Waals surface area (Å²) in [6.07, 6.45) is 0.551. The van der Waals surface area contributed by atoms with Crippen LogP contribution in [-0.4, -0.2) is 27.4 Å². The summed E-state index contributed by atoms with van der Waals surface area (Å²) >= 11 is 0. The standard InChI is InChI=1S/C5H6O4.BrH.HNO2.2H3N.Pt/c6-3(7)5(1-2-5)4(8)9;;2-1-3;;;/h1-2H2,(H,6,7)(H,8,9);1H;(H,2,3);2*1H3;/q;;;;;+4/p-1. The maximum absolute atomic E-state index is 10.1. The van der Waals surface area contributed by atoms with Crippen LogP contribution >= 0.6 is 0 Å². The molecule has 16 heavy (non-hydrogen) atoms. The molecule has 0 aromatic heterocycles. The van der Waals surface area contributed by atoms with Gasteiger partial charge in [-0.05, 0) is 12.8 Å². The van der Waals surface area contributed by atoms with Crippen LogP contribution in [0.15, 0.2) is 5.34 Å². The summed E-state index contributed by atoms with van der Waals surface area (Å²) in [6, 6.07) is 0. The van der Waals surface area contributed by atoms with Crippen LogP contribution in [0.4, 0.5) is 0 Å². The van der Waals surface area contributed by atoms with Crippen LogP contribution in [-0.2, 0) is 30.7 Å². The largest absolute Gasteiger partial charge is 4.00 e. The number of hydrogen-bond donors (Lipinski definition) is 5. The number of hydrogen-bond acceptors (Lipinski definition) is 6. The zero-order chi connectivity index (χ0) is 9.78. The van der Waals surface area contributed by atoms with Gasteiger partial charge in [0.1, 0.15) is 0 Å². The smallest absolute Gasteiger partial charge is 1.00 e. The Labute approximate surface area is 116 Å². The van der Waals surface area contributed by atoms with Crippen LogP contribution in [0.5, 0.6) is 0 Å². The summed E-state index contributed by atoms with van der Waals surface area (Å²) in [6.45, 7) is 0. The summed E-state index contributed by atoms with van der Waals surface area (Å²) in [5, 5.41) is 24.5. The molecule has 1 aliphatic carbocycles. The van der Waals surface area contributed by atoms with Crippen molar-refractivity contribution < 1.29 is 63.1 Å². The van der Waals surface area contributed by atoms with Crippen LogP contribution in [0.3, 0.4) is 0 Å². The SMILES string of the molecule is N.N.O=C(O)C1(C(=O)O)CC1.O=NO.[Br-].[Pt+4]. The Morgan fingerprint density at radius 1 is 1.06 bits per heavy atom. The predicted octanol–water partition coefficient (Wildman–Crippen LogP) is -2.60. The molecule has 1 saturated carbocycles. The first-order valence-corrected chi connectivity index (χ1v) is 2.95. The van der Waals surface area contributed by atoms with Gasteiger partial charge in [0, 0.05) is 0 Å². The van der Waals surface area contributed by atoms with Crippen LogP contribution in [0.1, 0.15) is 12.8 Å². The number of carboxylic acid groups (broad SMARTS) is 2. The van der Waals surface area contributed by atoms with Gasteiger partial charge in [-0.2, -0.15) is 0 Å². The van der Waals surface area contributed by atoms with Crippen molar-refractivity contribution in [2.75, 3.05) is 0 Å². The number of halogens is 1. The average Bonchev–Trinajstić information content (AvgIpc) is 2.66. The Morgan fingerprint density at radius 2 is 1.25 bits per heavy atom. The zero-order valence-corrected chi connectivity index (χ0v) is 11.9. The first-order chi connectivity index (χ1) is 5.51. The second-order valence-electron chi connectivity index (χ2n) is 2.27. The average molecular weight is 486 g/mol. The molecule has 0 amide bonds. The van der Waals surface area contributed by atoms with E-state index in [0.717, 1.165) is 0 Å². The number of aliphatic carboxylic acids is 2. The Hall–Kier alpha value is -0.572. The minimum Gasteiger partial charge on any atom is -1.00 e. The molecular weight excluding hydrogens is 473 g/mol. The summed E-state index contributed by atoms with van der Waals surface area (Å²) in [4.78, 5) is 28.4. The van der Waals surface area contributed by atoms with E-state index < -0.39 is 17.4 Å². The number of nitrogens with zero attached hydrogens (tertiary/aromatic N) is 1. The molecule has 1 fully saturated rings. The molecule has 1 aliphatic rings. The van der Waals surface area contributed by atoms with Crippen molar-refractivity contribution in [2.24, 2.45) is 10.8 Å². The van der Waals surface area contributed by atoms with Crippen molar-refractivity contribution in [1.82, 2.24) is 12.3 Å². The van der Waals surface area contributed by atoms with Gasteiger partial charge < -0.3 is 44.7 Å². The van der Waals surface area contributed by atoms with Gasteiger partial charge >= 0.3 is 33.0 Å². The summed E-state index contributed by atoms with van der Waals surface area (Å²) < 4.78 is 0. The van der Waals surface area contributed by atoms with E-state index in [1.807, 2.05) is 0 Å². The van der Waals surface area contributed by atoms with Gasteiger partial charge in [0.05, 0.1) is 0 Å². The monoisotopic (exact) mass is 485 g/mol. The molecule has 98 valence electrons. The molecule has 0 spiro atoms. The maximum atomic E-state index is 10.1. The zero-order valence-electron chi connectivity index (χ0n) is 8.04. The second kappa shape index (κ2) is 12.5. The van der Waals surface area contributed by atoms with Gasteiger partial charge in [0.15, 0.2) is 10.8 Å². The van der Waals surface area contributed by atoms with Crippen LogP contribution < -0.4 is 29.3 Å². The van der Waals surface area contributed by atoms with Gasteiger partial charge in [0.25, 0.3) is 0 Å². The van der Waals surface area contributed by atoms with E-state index in [-0.39, 0.29) is 63.2 Å². The molecule has 11 heteroatoms. The first-order valence-electron chi connectivity index (χ1n) is 2.95. The summed E-state index contributed by atoms with van der Waals surface area (Å²) in [5.41, 5.74) is -1.42. The summed E-state index contributed by atoms with van der Waals surface area (Å²) in [7, 11) is 0. The van der Waals surface area contributed by atoms with E-state index in [0.29, 0.717) is 0 Å². The number of carboxylic acids is 2. The van der Waals surface area contributed by atoms with Crippen molar-refractivity contribution >= 4 is 11.9 Å². The molecular formula is C5H13BrN3O6Pt+3. The van der Waals surface area contributed by atoms with E-state index >= 15 is 0 Å². The third-order valence-corrected chi connectivity index (χ3v) is 1.57. The van der Waals surface area contributed by atoms with Crippen LogP contribution in [0, 0.1) is 10.3 Å². The van der Waals surface area contributed by atoms with Gasteiger partial charge in [-0.25, -0.2) is 0 Å². The van der Waals surface area contributed by atoms with Crippen LogP contribution in [0.2, 0.25) is 0 Å². The molecule has 0 bridgehead atoms. The van der Waals surface area contributed by atoms with Gasteiger partial charge in [-0.15, -0.1) is 4.91 Å². The van der Waals surface area contributed by atoms with Crippen molar-refractivity contribution in [3.05, 3.63) is 4.91 Å². The van der Waals surface area contributed by atoms with Gasteiger partial charge in [-0.3, -0.25) is 9.59 Å². The molecule has 0 aliphatic heterocycles. The maximum Gasteiger partial charge on any atom is 4.00 e. The van der Waals surface area contributed by atoms with Gasteiger partial charge in [0.2, 0.25) is 0 Å². The third kappa shape index (κ3) is 7.69. The Kier molecular flexibility index (Phi) is 23.1. The minimum atomic E-state index is -1.42. The van der Waals surface area contributed by atoms with Crippen molar-refractivity contribution in [3.63, 3.8) is 0 Å². The number of rotatable bonds is 2. The second-order valence-corrected chi connectivity index (χ2v) is 2.27. The fraction of sp³-hybridized carbons (Fsp3) is 0.600. The molecule has 0 aromatic carbocycles. The molecule has 0 aromatic rings. The Morgan fingerprint density at radius 3 is 1.25 bits per heavy atom. The van der Waals surface area contributed by atoms with Crippen molar-refractivity contribution in [1.29, 1.82) is 0 Å². The van der Waals surface area contributed by atoms with E-state index in [1.54, 1.807) is 0 Å². The number of carbonyl (C=O) groups is 2. The van der Waals surface area contributed by atoms with Crippen molar-refractivity contribution in [2.45, 2.75) is 12.8 Å². The minimum absolute atomic E-state index is 0. The molecule has 0 heterocycles. The molecule has 0 saturated heterocycles. The van der Waals surface area contributed by atoms with E-state index in [2.05, 4.69) is 0 Å². The Balaban J connectivity index is -0.0000000528. The van der Waals surface area contributed by atoms with E-state index in [4.69, 9.17) is 20.3 Å². The molecule has 9 nitrogen and oxygen atoms in total. The summed E-state index contributed by atoms with van der Waals surface area (Å²) in [5.74, 6) is -2.43. The normalized spacial score (nSPS) is 12.5. The molecule has 1 rings (SSSR count). The van der Waals surface area contributed by atoms with E-state index in [9.17, 15) is 9.59 Å². The molecule has 0 unspecified atom stereocenters. The van der Waals surface area contributed by atoms with Crippen molar-refractivity contribution in [3.8, 4) is 0 Å². The predicted molar refractivity (Wildman–Crippen MR) is 44.6 cm³/mol.